The summed E-state index contributed by atoms with van der Waals surface area (Å²) >= 11 is 6.04. The molecule has 1 aromatic heterocycles. The maximum atomic E-state index is 13.5. The van der Waals surface area contributed by atoms with E-state index in [1.165, 1.54) is 17.0 Å². The van der Waals surface area contributed by atoms with Gasteiger partial charge in [-0.2, -0.15) is 13.2 Å². The largest absolute Gasteiger partial charge is 0.417 e. The van der Waals surface area contributed by atoms with Crippen molar-refractivity contribution >= 4 is 29.1 Å². The molecule has 1 unspecified atom stereocenters. The molecule has 0 radical (unpaired) electrons. The molecule has 1 atom stereocenters. The van der Waals surface area contributed by atoms with E-state index < -0.39 is 22.7 Å². The summed E-state index contributed by atoms with van der Waals surface area (Å²) in [7, 11) is 3.39. The Balaban J connectivity index is 1.30. The second-order valence-corrected chi connectivity index (χ2v) is 10.8. The maximum absolute atomic E-state index is 13.5. The van der Waals surface area contributed by atoms with Crippen molar-refractivity contribution in [2.45, 2.75) is 43.9 Å². The summed E-state index contributed by atoms with van der Waals surface area (Å²) in [4.78, 5) is 36.4. The molecule has 40 heavy (non-hydrogen) atoms. The molecule has 0 N–H and O–H groups in total. The third-order valence-electron chi connectivity index (χ3n) is 8.12. The van der Waals surface area contributed by atoms with Gasteiger partial charge in [0.2, 0.25) is 0 Å². The number of fused-ring (bicyclic) bond motifs is 1. The number of carbonyl (C=O) groups is 2. The molecule has 6 nitrogen and oxygen atoms in total. The molecule has 1 saturated heterocycles. The zero-order chi connectivity index (χ0) is 28.6. The van der Waals surface area contributed by atoms with Crippen LogP contribution in [0.5, 0.6) is 0 Å². The fourth-order valence-corrected chi connectivity index (χ4v) is 6.11. The van der Waals surface area contributed by atoms with E-state index >= 15 is 0 Å². The number of rotatable bonds is 5. The Labute approximate surface area is 236 Å². The highest BCUT2D eigenvalue weighted by Crippen LogP contribution is 2.40. The van der Waals surface area contributed by atoms with E-state index in [-0.39, 0.29) is 23.6 Å². The topological polar surface area (TPSA) is 56.8 Å². The number of nitrogens with zero attached hydrogens (tertiary/aromatic N) is 4. The van der Waals surface area contributed by atoms with Crippen molar-refractivity contribution < 1.29 is 22.8 Å². The SMILES string of the molecule is CN(C(=O)c1ccc2c(c1)C(N(C)C(=O)c1cccc(C(F)(F)F)c1Cl)CC2)C1CCN(c2ccncc2)CC1. The lowest BCUT2D eigenvalue weighted by Crippen LogP contribution is -2.45. The second kappa shape index (κ2) is 11.1. The van der Waals surface area contributed by atoms with Crippen LogP contribution < -0.4 is 4.90 Å². The normalized spacial score (nSPS) is 17.4. The van der Waals surface area contributed by atoms with E-state index in [9.17, 15) is 22.8 Å². The van der Waals surface area contributed by atoms with Gasteiger partial charge in [0.25, 0.3) is 11.8 Å². The molecule has 0 bridgehead atoms. The molecule has 2 aromatic carbocycles. The van der Waals surface area contributed by atoms with Crippen LogP contribution in [0.15, 0.2) is 60.9 Å². The monoisotopic (exact) mass is 570 g/mol. The van der Waals surface area contributed by atoms with Crippen LogP contribution in [0.4, 0.5) is 18.9 Å². The number of amides is 2. The van der Waals surface area contributed by atoms with Crippen LogP contribution in [0.2, 0.25) is 5.02 Å². The van der Waals surface area contributed by atoms with Crippen LogP contribution in [0, 0.1) is 0 Å². The lowest BCUT2D eigenvalue weighted by atomic mass is 9.99. The van der Waals surface area contributed by atoms with Gasteiger partial charge in [-0.3, -0.25) is 14.6 Å². The molecule has 10 heteroatoms. The van der Waals surface area contributed by atoms with Crippen LogP contribution in [0.1, 0.15) is 62.7 Å². The summed E-state index contributed by atoms with van der Waals surface area (Å²) in [6.07, 6.45) is 1.87. The molecule has 3 aromatic rings. The molecule has 5 rings (SSSR count). The Hall–Kier alpha value is -3.59. The lowest BCUT2D eigenvalue weighted by Gasteiger charge is -2.38. The van der Waals surface area contributed by atoms with E-state index in [4.69, 9.17) is 11.6 Å². The Morgan fingerprint density at radius 2 is 1.65 bits per heavy atom. The van der Waals surface area contributed by atoms with Gasteiger partial charge in [0.05, 0.1) is 22.2 Å². The smallest absolute Gasteiger partial charge is 0.371 e. The van der Waals surface area contributed by atoms with Gasteiger partial charge in [-0.1, -0.05) is 23.7 Å². The van der Waals surface area contributed by atoms with E-state index in [1.54, 1.807) is 24.3 Å². The summed E-state index contributed by atoms with van der Waals surface area (Å²) < 4.78 is 40.1. The van der Waals surface area contributed by atoms with Crippen molar-refractivity contribution in [2.24, 2.45) is 0 Å². The molecule has 2 aliphatic rings. The van der Waals surface area contributed by atoms with Gasteiger partial charge in [0.15, 0.2) is 0 Å². The first-order valence-electron chi connectivity index (χ1n) is 13.2. The highest BCUT2D eigenvalue weighted by atomic mass is 35.5. The first-order chi connectivity index (χ1) is 19.1. The number of carbonyl (C=O) groups excluding carboxylic acids is 2. The number of pyridine rings is 1. The number of hydrogen-bond donors (Lipinski definition) is 0. The quantitative estimate of drug-likeness (QED) is 0.364. The first kappa shape index (κ1) is 28.0. The average Bonchev–Trinajstić information content (AvgIpc) is 3.39. The van der Waals surface area contributed by atoms with E-state index in [0.717, 1.165) is 48.8 Å². The van der Waals surface area contributed by atoms with Crippen molar-refractivity contribution in [1.29, 1.82) is 0 Å². The molecule has 0 saturated carbocycles. The second-order valence-electron chi connectivity index (χ2n) is 10.4. The lowest BCUT2D eigenvalue weighted by molar-refractivity contribution is -0.137. The van der Waals surface area contributed by atoms with Crippen LogP contribution in [0.3, 0.4) is 0 Å². The van der Waals surface area contributed by atoms with Crippen LogP contribution >= 0.6 is 11.6 Å². The molecular weight excluding hydrogens is 541 g/mol. The maximum Gasteiger partial charge on any atom is 0.417 e. The minimum Gasteiger partial charge on any atom is -0.371 e. The van der Waals surface area contributed by atoms with Crippen LogP contribution in [-0.2, 0) is 12.6 Å². The van der Waals surface area contributed by atoms with Gasteiger partial charge in [0.1, 0.15) is 0 Å². The Morgan fingerprint density at radius 3 is 2.33 bits per heavy atom. The van der Waals surface area contributed by atoms with E-state index in [0.29, 0.717) is 18.4 Å². The Bertz CT molecular complexity index is 1410. The summed E-state index contributed by atoms with van der Waals surface area (Å²) in [6.45, 7) is 1.67. The summed E-state index contributed by atoms with van der Waals surface area (Å²) in [5.41, 5.74) is 2.27. The predicted octanol–water partition coefficient (Wildman–Crippen LogP) is 6.25. The van der Waals surface area contributed by atoms with Crippen LogP contribution in [-0.4, -0.2) is 59.8 Å². The number of aryl methyl sites for hydroxylation is 1. The number of benzene rings is 2. The number of piperidine rings is 1. The Morgan fingerprint density at radius 1 is 0.950 bits per heavy atom. The predicted molar refractivity (Wildman–Crippen MR) is 148 cm³/mol. The Kier molecular flexibility index (Phi) is 7.77. The standard InChI is InChI=1S/C30H30ClF3N4O2/c1-36(21-12-16-38(17-13-21)22-10-14-35-15-11-22)28(39)20-7-6-19-8-9-26(24(19)18-20)37(2)29(40)23-4-3-5-25(27(23)31)30(32,33)34/h3-7,10-11,14-15,18,21,26H,8-9,12-13,16-17H2,1-2H3. The van der Waals surface area contributed by atoms with Gasteiger partial charge in [-0.15, -0.1) is 0 Å². The number of anilines is 1. The fourth-order valence-electron chi connectivity index (χ4n) is 5.80. The van der Waals surface area contributed by atoms with Gasteiger partial charge in [-0.05, 0) is 73.2 Å². The third kappa shape index (κ3) is 5.39. The molecule has 2 amide bonds. The van der Waals surface area contributed by atoms with Crippen molar-refractivity contribution in [2.75, 3.05) is 32.1 Å². The van der Waals surface area contributed by atoms with Crippen molar-refractivity contribution in [1.82, 2.24) is 14.8 Å². The molecular formula is C30H30ClF3N4O2. The zero-order valence-electron chi connectivity index (χ0n) is 22.3. The van der Waals surface area contributed by atoms with Crippen molar-refractivity contribution in [3.05, 3.63) is 93.8 Å². The van der Waals surface area contributed by atoms with E-state index in [2.05, 4.69) is 9.88 Å². The summed E-state index contributed by atoms with van der Waals surface area (Å²) in [5, 5.41) is -0.606. The minimum absolute atomic E-state index is 0.0919. The summed E-state index contributed by atoms with van der Waals surface area (Å²) in [6, 6.07) is 12.6. The van der Waals surface area contributed by atoms with Crippen molar-refractivity contribution in [3.63, 3.8) is 0 Å². The van der Waals surface area contributed by atoms with Gasteiger partial charge >= 0.3 is 6.18 Å². The number of hydrogen-bond acceptors (Lipinski definition) is 4. The van der Waals surface area contributed by atoms with Gasteiger partial charge in [-0.25, -0.2) is 0 Å². The zero-order valence-corrected chi connectivity index (χ0v) is 23.0. The summed E-state index contributed by atoms with van der Waals surface area (Å²) in [5.74, 6) is -0.686. The minimum atomic E-state index is -4.66. The molecule has 0 spiro atoms. The highest BCUT2D eigenvalue weighted by Gasteiger charge is 2.37. The van der Waals surface area contributed by atoms with Gasteiger partial charge < -0.3 is 14.7 Å². The molecule has 2 heterocycles. The number of aromatic nitrogens is 1. The van der Waals surface area contributed by atoms with Crippen LogP contribution in [0.25, 0.3) is 0 Å². The van der Waals surface area contributed by atoms with Gasteiger partial charge in [0, 0.05) is 56.9 Å². The molecule has 1 fully saturated rings. The first-order valence-corrected chi connectivity index (χ1v) is 13.6. The highest BCUT2D eigenvalue weighted by molar-refractivity contribution is 6.34. The average molecular weight is 571 g/mol. The molecule has 1 aliphatic heterocycles. The third-order valence-corrected chi connectivity index (χ3v) is 8.53. The molecule has 1 aliphatic carbocycles. The number of alkyl halides is 3. The number of halogens is 4. The van der Waals surface area contributed by atoms with Crippen molar-refractivity contribution in [3.8, 4) is 0 Å². The molecule has 210 valence electrons. The van der Waals surface area contributed by atoms with E-state index in [1.807, 2.05) is 37.4 Å². The fraction of sp³-hybridized carbons (Fsp3) is 0.367.